The lowest BCUT2D eigenvalue weighted by Gasteiger charge is -2.63. The second-order valence-electron chi connectivity index (χ2n) is 11.1. The molecule has 0 bridgehead atoms. The van der Waals surface area contributed by atoms with Gasteiger partial charge in [-0.05, 0) is 43.9 Å². The van der Waals surface area contributed by atoms with Crippen LogP contribution in [0.5, 0.6) is 5.75 Å². The summed E-state index contributed by atoms with van der Waals surface area (Å²) >= 11 is 6.18. The Morgan fingerprint density at radius 3 is 2.42 bits per heavy atom. The van der Waals surface area contributed by atoms with Gasteiger partial charge in [0.15, 0.2) is 0 Å². The number of hydrogen-bond acceptors (Lipinski definition) is 7. The molecule has 1 aromatic carbocycles. The number of nitrogens with zero attached hydrogens (tertiary/aromatic N) is 4. The van der Waals surface area contributed by atoms with Gasteiger partial charge in [-0.3, -0.25) is 4.79 Å². The zero-order valence-corrected chi connectivity index (χ0v) is 22.2. The third kappa shape index (κ3) is 5.00. The molecule has 0 unspecified atom stereocenters. The Hall–Kier alpha value is -2.89. The predicted molar refractivity (Wildman–Crippen MR) is 140 cm³/mol. The SMILES string of the molecule is CC1(C)C(NC(=O)c2cnc(N3CCC(CCN)CC3)nc2)C(C)(C)C1Oc1ccc(C#N)c(Cl)c1. The Bertz CT molecular complexity index is 1120. The molecule has 0 spiro atoms. The average Bonchev–Trinajstić information content (AvgIpc) is 2.86. The van der Waals surface area contributed by atoms with Gasteiger partial charge >= 0.3 is 0 Å². The first-order valence-corrected chi connectivity index (χ1v) is 12.9. The average molecular weight is 511 g/mol. The van der Waals surface area contributed by atoms with E-state index >= 15 is 0 Å². The van der Waals surface area contributed by atoms with Crippen LogP contribution in [0.3, 0.4) is 0 Å². The molecule has 4 rings (SSSR count). The highest BCUT2D eigenvalue weighted by molar-refractivity contribution is 6.31. The zero-order valence-electron chi connectivity index (χ0n) is 21.4. The summed E-state index contributed by atoms with van der Waals surface area (Å²) in [5.74, 6) is 1.74. The molecule has 2 fully saturated rings. The summed E-state index contributed by atoms with van der Waals surface area (Å²) in [6.07, 6.45) is 6.29. The zero-order chi connectivity index (χ0) is 26.1. The number of nitrogens with one attached hydrogen (secondary N) is 1. The number of carbonyl (C=O) groups is 1. The lowest BCUT2D eigenvalue weighted by atomic mass is 9.49. The number of benzene rings is 1. The minimum atomic E-state index is -0.339. The Morgan fingerprint density at radius 2 is 1.86 bits per heavy atom. The lowest BCUT2D eigenvalue weighted by molar-refractivity contribution is -0.164. The Morgan fingerprint density at radius 1 is 1.22 bits per heavy atom. The van der Waals surface area contributed by atoms with Crippen LogP contribution in [0.1, 0.15) is 62.9 Å². The Kier molecular flexibility index (Phi) is 7.44. The fourth-order valence-electron chi connectivity index (χ4n) is 6.07. The maximum Gasteiger partial charge on any atom is 0.254 e. The molecule has 0 radical (unpaired) electrons. The van der Waals surface area contributed by atoms with Crippen LogP contribution < -0.4 is 20.7 Å². The van der Waals surface area contributed by atoms with Crippen molar-refractivity contribution in [3.8, 4) is 11.8 Å². The smallest absolute Gasteiger partial charge is 0.254 e. The van der Waals surface area contributed by atoms with E-state index in [9.17, 15) is 4.79 Å². The second-order valence-corrected chi connectivity index (χ2v) is 11.5. The molecule has 2 heterocycles. The van der Waals surface area contributed by atoms with Crippen LogP contribution in [0.2, 0.25) is 5.02 Å². The molecule has 9 heteroatoms. The Balaban J connectivity index is 1.38. The number of anilines is 1. The summed E-state index contributed by atoms with van der Waals surface area (Å²) in [5.41, 5.74) is 5.86. The quantitative estimate of drug-likeness (QED) is 0.573. The first-order chi connectivity index (χ1) is 17.1. The molecule has 1 saturated carbocycles. The molecule has 1 amide bonds. The van der Waals surface area contributed by atoms with E-state index in [0.29, 0.717) is 33.8 Å². The predicted octanol–water partition coefficient (Wildman–Crippen LogP) is 4.18. The minimum Gasteiger partial charge on any atom is -0.489 e. The number of aromatic nitrogens is 2. The summed E-state index contributed by atoms with van der Waals surface area (Å²) < 4.78 is 6.30. The number of halogens is 1. The summed E-state index contributed by atoms with van der Waals surface area (Å²) in [6, 6.07) is 7.00. The van der Waals surface area contributed by atoms with Crippen molar-refractivity contribution in [2.75, 3.05) is 24.5 Å². The van der Waals surface area contributed by atoms with E-state index in [1.807, 2.05) is 0 Å². The van der Waals surface area contributed by atoms with Gasteiger partial charge in [0.2, 0.25) is 5.95 Å². The van der Waals surface area contributed by atoms with Crippen LogP contribution in [0.15, 0.2) is 30.6 Å². The van der Waals surface area contributed by atoms with Crippen molar-refractivity contribution in [1.29, 1.82) is 5.26 Å². The lowest BCUT2D eigenvalue weighted by Crippen LogP contribution is -2.74. The first-order valence-electron chi connectivity index (χ1n) is 12.5. The highest BCUT2D eigenvalue weighted by Crippen LogP contribution is 2.55. The maximum atomic E-state index is 13.1. The van der Waals surface area contributed by atoms with E-state index < -0.39 is 0 Å². The number of ether oxygens (including phenoxy) is 1. The number of amides is 1. The van der Waals surface area contributed by atoms with Gasteiger partial charge in [0, 0.05) is 48.4 Å². The van der Waals surface area contributed by atoms with E-state index in [4.69, 9.17) is 27.3 Å². The highest BCUT2D eigenvalue weighted by atomic mass is 35.5. The molecule has 36 heavy (non-hydrogen) atoms. The molecule has 1 saturated heterocycles. The largest absolute Gasteiger partial charge is 0.489 e. The maximum absolute atomic E-state index is 13.1. The topological polar surface area (TPSA) is 117 Å². The number of piperidine rings is 1. The molecule has 0 atom stereocenters. The molecule has 2 aromatic rings. The van der Waals surface area contributed by atoms with Crippen LogP contribution in [-0.2, 0) is 0 Å². The second kappa shape index (κ2) is 10.2. The van der Waals surface area contributed by atoms with Gasteiger partial charge in [-0.2, -0.15) is 5.26 Å². The molecule has 1 aliphatic heterocycles. The summed E-state index contributed by atoms with van der Waals surface area (Å²) in [7, 11) is 0. The van der Waals surface area contributed by atoms with E-state index in [1.54, 1.807) is 30.6 Å². The van der Waals surface area contributed by atoms with E-state index in [1.165, 1.54) is 0 Å². The van der Waals surface area contributed by atoms with Gasteiger partial charge in [-0.25, -0.2) is 9.97 Å². The van der Waals surface area contributed by atoms with E-state index in [-0.39, 0.29) is 28.9 Å². The van der Waals surface area contributed by atoms with Crippen molar-refractivity contribution < 1.29 is 9.53 Å². The summed E-state index contributed by atoms with van der Waals surface area (Å²) in [5, 5.41) is 12.6. The van der Waals surface area contributed by atoms with Crippen molar-refractivity contribution in [3.63, 3.8) is 0 Å². The summed E-state index contributed by atoms with van der Waals surface area (Å²) in [4.78, 5) is 24.2. The van der Waals surface area contributed by atoms with Crippen molar-refractivity contribution in [2.45, 2.75) is 59.1 Å². The first kappa shape index (κ1) is 26.2. The van der Waals surface area contributed by atoms with Crippen LogP contribution in [0.4, 0.5) is 5.95 Å². The van der Waals surface area contributed by atoms with Crippen LogP contribution in [0, 0.1) is 28.1 Å². The van der Waals surface area contributed by atoms with Gasteiger partial charge in [0.25, 0.3) is 5.91 Å². The molecule has 1 aromatic heterocycles. The standard InChI is InChI=1S/C27H35ClN6O2/c1-26(2)23(27(3,4)24(26)36-20-6-5-18(14-30)21(28)13-20)33-22(35)19-15-31-25(32-16-19)34-11-8-17(7-10-29)9-12-34/h5-6,13,15-17,23-24H,7-12,29H2,1-4H3,(H,33,35). The van der Waals surface area contributed by atoms with E-state index in [2.05, 4.69) is 53.9 Å². The van der Waals surface area contributed by atoms with Crippen molar-refractivity contribution in [1.82, 2.24) is 15.3 Å². The molecular weight excluding hydrogens is 476 g/mol. The normalized spacial score (nSPS) is 22.9. The number of hydrogen-bond donors (Lipinski definition) is 2. The molecule has 3 N–H and O–H groups in total. The van der Waals surface area contributed by atoms with Crippen molar-refractivity contribution in [2.24, 2.45) is 22.5 Å². The van der Waals surface area contributed by atoms with Crippen LogP contribution >= 0.6 is 11.6 Å². The molecule has 2 aliphatic rings. The van der Waals surface area contributed by atoms with Gasteiger partial charge < -0.3 is 20.7 Å². The number of nitrogens with two attached hydrogens (primary N) is 1. The summed E-state index contributed by atoms with van der Waals surface area (Å²) in [6.45, 7) is 10.9. The molecule has 192 valence electrons. The van der Waals surface area contributed by atoms with Crippen molar-refractivity contribution >= 4 is 23.5 Å². The fraction of sp³-hybridized carbons (Fsp3) is 0.556. The van der Waals surface area contributed by atoms with Gasteiger partial charge in [0.05, 0.1) is 16.1 Å². The van der Waals surface area contributed by atoms with Gasteiger partial charge in [0.1, 0.15) is 17.9 Å². The van der Waals surface area contributed by atoms with Gasteiger partial charge in [-0.1, -0.05) is 39.3 Å². The monoisotopic (exact) mass is 510 g/mol. The van der Waals surface area contributed by atoms with Crippen LogP contribution in [-0.4, -0.2) is 47.7 Å². The third-order valence-electron chi connectivity index (χ3n) is 7.80. The number of nitriles is 1. The van der Waals surface area contributed by atoms with Crippen LogP contribution in [0.25, 0.3) is 0 Å². The molecule has 8 nitrogen and oxygen atoms in total. The third-order valence-corrected chi connectivity index (χ3v) is 8.12. The minimum absolute atomic E-state index is 0.127. The molecular formula is C27H35ClN6O2. The fourth-order valence-corrected chi connectivity index (χ4v) is 6.28. The Labute approximate surface area is 218 Å². The van der Waals surface area contributed by atoms with E-state index in [0.717, 1.165) is 38.9 Å². The molecule has 1 aliphatic carbocycles. The number of carbonyl (C=O) groups excluding carboxylic acids is 1. The van der Waals surface area contributed by atoms with Gasteiger partial charge in [-0.15, -0.1) is 0 Å². The van der Waals surface area contributed by atoms with Crippen molar-refractivity contribution in [3.05, 3.63) is 46.7 Å². The highest BCUT2D eigenvalue weighted by Gasteiger charge is 2.64. The number of rotatable bonds is 7.